The largest absolute Gasteiger partial charge is 0.361 e. The van der Waals surface area contributed by atoms with Crippen LogP contribution in [0.4, 0.5) is 4.79 Å². The molecule has 24 heavy (non-hydrogen) atoms. The van der Waals surface area contributed by atoms with Gasteiger partial charge in [0.1, 0.15) is 0 Å². The highest BCUT2D eigenvalue weighted by molar-refractivity contribution is 7.13. The third-order valence-corrected chi connectivity index (χ3v) is 4.64. The number of hydrazone groups is 1. The minimum absolute atomic E-state index is 0.0189. The molecule has 3 rings (SSSR count). The summed E-state index contributed by atoms with van der Waals surface area (Å²) in [5.74, 6) is 0.565. The highest BCUT2D eigenvalue weighted by atomic mass is 32.1. The fraction of sp³-hybridized carbons (Fsp3) is 0.333. The van der Waals surface area contributed by atoms with Crippen molar-refractivity contribution in [3.8, 4) is 10.4 Å². The highest BCUT2D eigenvalue weighted by Crippen LogP contribution is 2.25. The summed E-state index contributed by atoms with van der Waals surface area (Å²) in [6, 6.07) is 12.1. The molecular weight excluding hydrogens is 320 g/mol. The Morgan fingerprint density at radius 1 is 0.917 bits per heavy atom. The van der Waals surface area contributed by atoms with Crippen molar-refractivity contribution in [3.05, 3.63) is 47.3 Å². The number of carbonyl (C=O) groups is 1. The van der Waals surface area contributed by atoms with Gasteiger partial charge in [-0.25, -0.2) is 14.8 Å². The quantitative estimate of drug-likeness (QED) is 0.824. The molecule has 0 fully saturated rings. The van der Waals surface area contributed by atoms with Crippen LogP contribution < -0.4 is 5.43 Å². The average Bonchev–Trinajstić information content (AvgIpc) is 3.09. The predicted molar refractivity (Wildman–Crippen MR) is 97.8 cm³/mol. The van der Waals surface area contributed by atoms with Crippen molar-refractivity contribution in [2.75, 3.05) is 0 Å². The van der Waals surface area contributed by atoms with Crippen molar-refractivity contribution in [1.82, 2.24) is 15.4 Å². The van der Waals surface area contributed by atoms with Gasteiger partial charge in [-0.15, -0.1) is 21.9 Å². The van der Waals surface area contributed by atoms with E-state index in [0.717, 1.165) is 5.56 Å². The van der Waals surface area contributed by atoms with Crippen LogP contribution in [0.5, 0.6) is 0 Å². The molecule has 6 heteroatoms. The fourth-order valence-electron chi connectivity index (χ4n) is 2.43. The van der Waals surface area contributed by atoms with Crippen LogP contribution in [0, 0.1) is 0 Å². The van der Waals surface area contributed by atoms with Crippen LogP contribution in [-0.4, -0.2) is 34.0 Å². The van der Waals surface area contributed by atoms with Crippen molar-refractivity contribution in [2.45, 2.75) is 39.8 Å². The number of amides is 2. The summed E-state index contributed by atoms with van der Waals surface area (Å²) < 4.78 is 0. The van der Waals surface area contributed by atoms with E-state index in [1.165, 1.54) is 20.5 Å². The third-order valence-electron chi connectivity index (χ3n) is 3.72. The zero-order chi connectivity index (χ0) is 17.3. The molecule has 5 nitrogen and oxygen atoms in total. The van der Waals surface area contributed by atoms with E-state index in [4.69, 9.17) is 0 Å². The van der Waals surface area contributed by atoms with Gasteiger partial charge in [-0.1, -0.05) is 30.3 Å². The van der Waals surface area contributed by atoms with Crippen LogP contribution in [0.25, 0.3) is 10.4 Å². The second-order valence-electron chi connectivity index (χ2n) is 6.24. The van der Waals surface area contributed by atoms with Gasteiger partial charge < -0.3 is 0 Å². The summed E-state index contributed by atoms with van der Waals surface area (Å²) in [5, 5.41) is 9.51. The number of hydrogen-bond acceptors (Lipinski definition) is 3. The topological polar surface area (TPSA) is 50.0 Å². The molecule has 0 bridgehead atoms. The van der Waals surface area contributed by atoms with Crippen LogP contribution in [0.2, 0.25) is 0 Å². The lowest BCUT2D eigenvalue weighted by Crippen LogP contribution is -2.56. The number of thiophene rings is 1. The number of hydrogen-bond donors (Lipinski definition) is 0. The van der Waals surface area contributed by atoms with Gasteiger partial charge in [0.15, 0.2) is 5.84 Å². The minimum atomic E-state index is -0.182. The second-order valence-corrected chi connectivity index (χ2v) is 7.19. The molecule has 2 heterocycles. The Hall–Kier alpha value is -2.34. The smallest absolute Gasteiger partial charge is 0.244 e. The second kappa shape index (κ2) is 6.65. The zero-order valence-electron chi connectivity index (χ0n) is 14.3. The van der Waals surface area contributed by atoms with Crippen molar-refractivity contribution in [1.29, 1.82) is 0 Å². The van der Waals surface area contributed by atoms with Crippen LogP contribution in [0.3, 0.4) is 0 Å². The van der Waals surface area contributed by atoms with E-state index in [0.29, 0.717) is 5.84 Å². The Balaban J connectivity index is 1.92. The van der Waals surface area contributed by atoms with E-state index in [9.17, 15) is 4.79 Å². The maximum absolute atomic E-state index is 12.4. The number of rotatable bonds is 4. The molecule has 0 saturated heterocycles. The molecule has 0 saturated carbocycles. The SMILES string of the molecule is CC(C)N1[N]C(c2ccc(-c3cccs3)cc2)=NN(C(C)C)C1=O. The summed E-state index contributed by atoms with van der Waals surface area (Å²) in [5.41, 5.74) is 6.52. The van der Waals surface area contributed by atoms with Crippen LogP contribution in [0.1, 0.15) is 33.3 Å². The van der Waals surface area contributed by atoms with Crippen molar-refractivity contribution >= 4 is 23.2 Å². The molecule has 1 aliphatic rings. The molecule has 0 aliphatic carbocycles. The number of amidine groups is 1. The summed E-state index contributed by atoms with van der Waals surface area (Å²) in [6.45, 7) is 7.79. The lowest BCUT2D eigenvalue weighted by Gasteiger charge is -2.35. The number of carbonyl (C=O) groups excluding carboxylic acids is 1. The Morgan fingerprint density at radius 3 is 2.08 bits per heavy atom. The predicted octanol–water partition coefficient (Wildman–Crippen LogP) is 4.15. The van der Waals surface area contributed by atoms with E-state index in [1.807, 2.05) is 45.9 Å². The van der Waals surface area contributed by atoms with Crippen LogP contribution >= 0.6 is 11.3 Å². The lowest BCUT2D eigenvalue weighted by molar-refractivity contribution is 0.104. The van der Waals surface area contributed by atoms with Gasteiger partial charge in [-0.05, 0) is 44.7 Å². The van der Waals surface area contributed by atoms with E-state index >= 15 is 0 Å². The van der Waals surface area contributed by atoms with Gasteiger partial charge in [0.25, 0.3) is 0 Å². The first-order valence-electron chi connectivity index (χ1n) is 8.04. The monoisotopic (exact) mass is 341 g/mol. The maximum atomic E-state index is 12.4. The van der Waals surface area contributed by atoms with E-state index in [2.05, 4.69) is 34.1 Å². The number of nitrogens with zero attached hydrogens (tertiary/aromatic N) is 4. The molecule has 0 atom stereocenters. The van der Waals surface area contributed by atoms with Crippen molar-refractivity contribution < 1.29 is 4.79 Å². The van der Waals surface area contributed by atoms with Gasteiger partial charge >= 0.3 is 6.03 Å². The average molecular weight is 341 g/mol. The Morgan fingerprint density at radius 2 is 1.54 bits per heavy atom. The summed E-state index contributed by atoms with van der Waals surface area (Å²) in [7, 11) is 0. The molecule has 1 radical (unpaired) electrons. The molecule has 0 unspecified atom stereocenters. The number of urea groups is 1. The molecule has 1 aromatic carbocycles. The van der Waals surface area contributed by atoms with Gasteiger partial charge in [-0.2, -0.15) is 0 Å². The number of benzene rings is 1. The van der Waals surface area contributed by atoms with Crippen molar-refractivity contribution in [2.24, 2.45) is 5.10 Å². The fourth-order valence-corrected chi connectivity index (χ4v) is 3.16. The van der Waals surface area contributed by atoms with E-state index < -0.39 is 0 Å². The first-order valence-corrected chi connectivity index (χ1v) is 8.92. The molecule has 2 aromatic rings. The summed E-state index contributed by atoms with van der Waals surface area (Å²) >= 11 is 1.71. The maximum Gasteiger partial charge on any atom is 0.361 e. The first kappa shape index (κ1) is 16.5. The lowest BCUT2D eigenvalue weighted by atomic mass is 10.1. The van der Waals surface area contributed by atoms with Gasteiger partial charge in [0, 0.05) is 10.4 Å². The van der Waals surface area contributed by atoms with Gasteiger partial charge in [0.05, 0.1) is 12.1 Å². The van der Waals surface area contributed by atoms with Gasteiger partial charge in [0.2, 0.25) is 0 Å². The summed E-state index contributed by atoms with van der Waals surface area (Å²) in [6.07, 6.45) is 0. The first-order chi connectivity index (χ1) is 11.5. The van der Waals surface area contributed by atoms with Crippen LogP contribution in [-0.2, 0) is 0 Å². The van der Waals surface area contributed by atoms with Gasteiger partial charge in [-0.3, -0.25) is 0 Å². The Bertz CT molecular complexity index is 735. The minimum Gasteiger partial charge on any atom is -0.244 e. The molecule has 1 aliphatic heterocycles. The van der Waals surface area contributed by atoms with E-state index in [1.54, 1.807) is 11.3 Å². The van der Waals surface area contributed by atoms with Crippen LogP contribution in [0.15, 0.2) is 46.9 Å². The molecule has 0 spiro atoms. The Kier molecular flexibility index (Phi) is 4.57. The normalized spacial score (nSPS) is 15.1. The molecule has 125 valence electrons. The molecular formula is C18H21N4OS. The molecule has 1 aromatic heterocycles. The Labute approximate surface area is 146 Å². The molecule has 0 N–H and O–H groups in total. The van der Waals surface area contributed by atoms with E-state index in [-0.39, 0.29) is 18.1 Å². The summed E-state index contributed by atoms with van der Waals surface area (Å²) in [4.78, 5) is 13.7. The third kappa shape index (κ3) is 3.14. The molecule has 2 amide bonds. The van der Waals surface area contributed by atoms with Crippen molar-refractivity contribution in [3.63, 3.8) is 0 Å². The zero-order valence-corrected chi connectivity index (χ0v) is 15.1. The standard InChI is InChI=1S/C18H21N4OS/c1-12(2)21-18(23)22(13(3)4)20-17(19-21)15-9-7-14(8-10-15)16-6-5-11-24-16/h5-13H,1-4H3. The highest BCUT2D eigenvalue weighted by Gasteiger charge is 2.33.